The fourth-order valence-corrected chi connectivity index (χ4v) is 2.67. The van der Waals surface area contributed by atoms with Crippen LogP contribution in [0.4, 0.5) is 5.69 Å². The Morgan fingerprint density at radius 2 is 2.05 bits per heavy atom. The molecule has 1 saturated heterocycles. The summed E-state index contributed by atoms with van der Waals surface area (Å²) >= 11 is 0. The van der Waals surface area contributed by atoms with Crippen molar-refractivity contribution in [3.63, 3.8) is 0 Å². The Hall–Kier alpha value is -1.42. The number of hydrogen-bond acceptors (Lipinski definition) is 4. The highest BCUT2D eigenvalue weighted by molar-refractivity contribution is 5.56. The lowest BCUT2D eigenvalue weighted by Gasteiger charge is -2.20. The number of nitrogens with zero attached hydrogens (tertiary/aromatic N) is 1. The van der Waals surface area contributed by atoms with Gasteiger partial charge in [0.1, 0.15) is 0 Å². The maximum atomic E-state index is 5.37. The summed E-state index contributed by atoms with van der Waals surface area (Å²) in [5.74, 6) is 2.39. The van der Waals surface area contributed by atoms with E-state index in [0.717, 1.165) is 37.1 Å². The normalized spacial score (nSPS) is 18.7. The third kappa shape index (κ3) is 3.32. The monoisotopic (exact) mass is 264 g/mol. The van der Waals surface area contributed by atoms with Crippen molar-refractivity contribution in [2.24, 2.45) is 5.92 Å². The van der Waals surface area contributed by atoms with Crippen LogP contribution in [0.2, 0.25) is 0 Å². The Labute approximate surface area is 115 Å². The minimum atomic E-state index is 0.789. The van der Waals surface area contributed by atoms with Crippen LogP contribution >= 0.6 is 0 Å². The number of nitrogens with one attached hydrogen (secondary N) is 1. The molecule has 0 bridgehead atoms. The number of hydrogen-bond donors (Lipinski definition) is 1. The predicted molar refractivity (Wildman–Crippen MR) is 78.4 cm³/mol. The summed E-state index contributed by atoms with van der Waals surface area (Å²) in [5, 5.41) is 3.23. The highest BCUT2D eigenvalue weighted by Crippen LogP contribution is 2.33. The summed E-state index contributed by atoms with van der Waals surface area (Å²) in [6.07, 6.45) is 2.52. The van der Waals surface area contributed by atoms with Crippen LogP contribution in [0.3, 0.4) is 0 Å². The molecule has 1 N–H and O–H groups in total. The van der Waals surface area contributed by atoms with E-state index in [1.54, 1.807) is 14.2 Å². The molecule has 106 valence electrons. The van der Waals surface area contributed by atoms with Gasteiger partial charge in [0.2, 0.25) is 0 Å². The van der Waals surface area contributed by atoms with Gasteiger partial charge in [-0.25, -0.2) is 0 Å². The van der Waals surface area contributed by atoms with Gasteiger partial charge in [0.05, 0.1) is 14.2 Å². The molecule has 1 aromatic carbocycles. The first kappa shape index (κ1) is 14.0. The molecule has 1 aromatic rings. The average Bonchev–Trinajstić information content (AvgIpc) is 2.93. The van der Waals surface area contributed by atoms with Crippen LogP contribution in [0.5, 0.6) is 11.5 Å². The largest absolute Gasteiger partial charge is 0.493 e. The highest BCUT2D eigenvalue weighted by Gasteiger charge is 2.22. The maximum Gasteiger partial charge on any atom is 0.162 e. The smallest absolute Gasteiger partial charge is 0.162 e. The molecule has 0 spiro atoms. The zero-order valence-electron chi connectivity index (χ0n) is 12.1. The molecule has 1 unspecified atom stereocenters. The van der Waals surface area contributed by atoms with Crippen LogP contribution in [0.15, 0.2) is 18.2 Å². The lowest BCUT2D eigenvalue weighted by Crippen LogP contribution is -2.21. The van der Waals surface area contributed by atoms with Crippen LogP contribution < -0.4 is 19.7 Å². The minimum absolute atomic E-state index is 0.789. The second-order valence-electron chi connectivity index (χ2n) is 5.03. The van der Waals surface area contributed by atoms with Gasteiger partial charge in [-0.05, 0) is 44.5 Å². The first-order valence-corrected chi connectivity index (χ1v) is 6.90. The van der Waals surface area contributed by atoms with E-state index in [-0.39, 0.29) is 0 Å². The maximum absolute atomic E-state index is 5.37. The number of benzene rings is 1. The van der Waals surface area contributed by atoms with Gasteiger partial charge in [-0.3, -0.25) is 0 Å². The Morgan fingerprint density at radius 3 is 2.74 bits per heavy atom. The SMILES string of the molecule is CNCCC1CCN(c2ccc(OC)c(OC)c2)C1. The van der Waals surface area contributed by atoms with Crippen LogP contribution in [0, 0.1) is 5.92 Å². The van der Waals surface area contributed by atoms with Crippen LogP contribution in [0.1, 0.15) is 12.8 Å². The van der Waals surface area contributed by atoms with Crippen molar-refractivity contribution >= 4 is 5.69 Å². The molecule has 1 heterocycles. The molecule has 1 fully saturated rings. The van der Waals surface area contributed by atoms with Gasteiger partial charge in [0.25, 0.3) is 0 Å². The Bertz CT molecular complexity index is 409. The molecule has 0 radical (unpaired) electrons. The molecule has 0 aliphatic carbocycles. The van der Waals surface area contributed by atoms with E-state index < -0.39 is 0 Å². The summed E-state index contributed by atoms with van der Waals surface area (Å²) in [6.45, 7) is 3.37. The average molecular weight is 264 g/mol. The first-order valence-electron chi connectivity index (χ1n) is 6.90. The van der Waals surface area contributed by atoms with Gasteiger partial charge < -0.3 is 19.7 Å². The van der Waals surface area contributed by atoms with E-state index >= 15 is 0 Å². The Kier molecular flexibility index (Phi) is 4.91. The molecular formula is C15H24N2O2. The molecule has 4 nitrogen and oxygen atoms in total. The zero-order chi connectivity index (χ0) is 13.7. The van der Waals surface area contributed by atoms with Gasteiger partial charge in [-0.2, -0.15) is 0 Å². The third-order valence-electron chi connectivity index (χ3n) is 3.82. The second-order valence-corrected chi connectivity index (χ2v) is 5.03. The van der Waals surface area contributed by atoms with Crippen LogP contribution in [-0.2, 0) is 0 Å². The molecule has 0 saturated carbocycles. The summed E-state index contributed by atoms with van der Waals surface area (Å²) < 4.78 is 10.6. The van der Waals surface area contributed by atoms with Crippen molar-refractivity contribution in [3.05, 3.63) is 18.2 Å². The Balaban J connectivity index is 2.03. The first-order chi connectivity index (χ1) is 9.28. The molecular weight excluding hydrogens is 240 g/mol. The third-order valence-corrected chi connectivity index (χ3v) is 3.82. The van der Waals surface area contributed by atoms with Crippen LogP contribution in [-0.4, -0.2) is 40.9 Å². The summed E-state index contributed by atoms with van der Waals surface area (Å²) in [5.41, 5.74) is 1.23. The van der Waals surface area contributed by atoms with E-state index in [4.69, 9.17) is 9.47 Å². The molecule has 0 amide bonds. The number of anilines is 1. The quantitative estimate of drug-likeness (QED) is 0.853. The molecule has 1 aliphatic heterocycles. The summed E-state index contributed by atoms with van der Waals surface area (Å²) in [6, 6.07) is 6.16. The van der Waals surface area contributed by atoms with E-state index in [2.05, 4.69) is 22.3 Å². The van der Waals surface area contributed by atoms with E-state index in [9.17, 15) is 0 Å². The fourth-order valence-electron chi connectivity index (χ4n) is 2.67. The van der Waals surface area contributed by atoms with Gasteiger partial charge in [-0.15, -0.1) is 0 Å². The summed E-state index contributed by atoms with van der Waals surface area (Å²) in [7, 11) is 5.36. The van der Waals surface area contributed by atoms with E-state index in [0.29, 0.717) is 0 Å². The second kappa shape index (κ2) is 6.66. The zero-order valence-corrected chi connectivity index (χ0v) is 12.1. The van der Waals surface area contributed by atoms with Crippen molar-refractivity contribution in [1.82, 2.24) is 5.32 Å². The molecule has 4 heteroatoms. The van der Waals surface area contributed by atoms with Crippen molar-refractivity contribution in [2.75, 3.05) is 45.8 Å². The van der Waals surface area contributed by atoms with Crippen molar-refractivity contribution in [3.8, 4) is 11.5 Å². The van der Waals surface area contributed by atoms with Gasteiger partial charge in [0.15, 0.2) is 11.5 Å². The topological polar surface area (TPSA) is 33.7 Å². The van der Waals surface area contributed by atoms with Gasteiger partial charge in [0, 0.05) is 24.8 Å². The van der Waals surface area contributed by atoms with E-state index in [1.165, 1.54) is 18.5 Å². The van der Waals surface area contributed by atoms with Gasteiger partial charge in [-0.1, -0.05) is 0 Å². The van der Waals surface area contributed by atoms with Crippen LogP contribution in [0.25, 0.3) is 0 Å². The number of ether oxygens (including phenoxy) is 2. The lowest BCUT2D eigenvalue weighted by molar-refractivity contribution is 0.355. The minimum Gasteiger partial charge on any atom is -0.493 e. The standard InChI is InChI=1S/C15H24N2O2/c1-16-8-6-12-7-9-17(11-12)13-4-5-14(18-2)15(10-13)19-3/h4-5,10,12,16H,6-9,11H2,1-3H3. The molecule has 19 heavy (non-hydrogen) atoms. The molecule has 0 aromatic heterocycles. The molecule has 2 rings (SSSR count). The number of rotatable bonds is 6. The lowest BCUT2D eigenvalue weighted by atomic mass is 10.1. The molecule has 1 aliphatic rings. The molecule has 1 atom stereocenters. The predicted octanol–water partition coefficient (Wildman–Crippen LogP) is 2.14. The Morgan fingerprint density at radius 1 is 1.26 bits per heavy atom. The fraction of sp³-hybridized carbons (Fsp3) is 0.600. The van der Waals surface area contributed by atoms with E-state index in [1.807, 2.05) is 13.1 Å². The van der Waals surface area contributed by atoms with Crippen molar-refractivity contribution in [2.45, 2.75) is 12.8 Å². The van der Waals surface area contributed by atoms with Crippen molar-refractivity contribution < 1.29 is 9.47 Å². The number of methoxy groups -OCH3 is 2. The van der Waals surface area contributed by atoms with Crippen molar-refractivity contribution in [1.29, 1.82) is 0 Å². The highest BCUT2D eigenvalue weighted by atomic mass is 16.5. The van der Waals surface area contributed by atoms with Gasteiger partial charge >= 0.3 is 0 Å². The summed E-state index contributed by atoms with van der Waals surface area (Å²) in [4.78, 5) is 2.43.